The van der Waals surface area contributed by atoms with Crippen LogP contribution in [0.2, 0.25) is 0 Å². The summed E-state index contributed by atoms with van der Waals surface area (Å²) in [5.74, 6) is 3.51. The molecule has 0 aliphatic rings. The van der Waals surface area contributed by atoms with Gasteiger partial charge in [0, 0.05) is 10.0 Å². The minimum Gasteiger partial charge on any atom is -0.496 e. The second kappa shape index (κ2) is 5.79. The van der Waals surface area contributed by atoms with Crippen molar-refractivity contribution in [2.24, 2.45) is 0 Å². The lowest BCUT2D eigenvalue weighted by atomic mass is 10.1. The zero-order valence-electron chi connectivity index (χ0n) is 8.88. The Morgan fingerprint density at radius 3 is 2.87 bits per heavy atom. The van der Waals surface area contributed by atoms with Gasteiger partial charge in [0.05, 0.1) is 13.2 Å². The van der Waals surface area contributed by atoms with E-state index >= 15 is 0 Å². The van der Waals surface area contributed by atoms with Crippen molar-refractivity contribution in [3.8, 4) is 18.1 Å². The van der Waals surface area contributed by atoms with Crippen molar-refractivity contribution >= 4 is 15.9 Å². The molecule has 0 aliphatic carbocycles. The fraction of sp³-hybridized carbons (Fsp3) is 0.333. The highest BCUT2D eigenvalue weighted by Gasteiger charge is 2.12. The van der Waals surface area contributed by atoms with E-state index in [-0.39, 0.29) is 6.04 Å². The zero-order chi connectivity index (χ0) is 11.3. The Bertz CT molecular complexity index is 370. The SMILES string of the molecule is C#CC(NCC)c1ccc(Br)cc1OC. The van der Waals surface area contributed by atoms with Gasteiger partial charge in [-0.3, -0.25) is 0 Å². The van der Waals surface area contributed by atoms with Crippen LogP contribution in [0.5, 0.6) is 5.75 Å². The molecule has 0 aliphatic heterocycles. The maximum atomic E-state index is 5.47. The lowest BCUT2D eigenvalue weighted by molar-refractivity contribution is 0.405. The van der Waals surface area contributed by atoms with Crippen molar-refractivity contribution in [1.29, 1.82) is 0 Å². The summed E-state index contributed by atoms with van der Waals surface area (Å²) in [6.45, 7) is 2.85. The molecule has 80 valence electrons. The van der Waals surface area contributed by atoms with Crippen LogP contribution in [0, 0.1) is 12.3 Å². The van der Waals surface area contributed by atoms with Crippen molar-refractivity contribution in [3.63, 3.8) is 0 Å². The molecule has 0 saturated heterocycles. The number of hydrogen-bond acceptors (Lipinski definition) is 2. The van der Waals surface area contributed by atoms with Gasteiger partial charge in [0.15, 0.2) is 0 Å². The van der Waals surface area contributed by atoms with Gasteiger partial charge in [-0.25, -0.2) is 0 Å². The molecule has 0 radical (unpaired) electrons. The van der Waals surface area contributed by atoms with Crippen LogP contribution in [0.3, 0.4) is 0 Å². The smallest absolute Gasteiger partial charge is 0.125 e. The van der Waals surface area contributed by atoms with E-state index in [9.17, 15) is 0 Å². The first kappa shape index (κ1) is 12.1. The van der Waals surface area contributed by atoms with E-state index in [1.807, 2.05) is 25.1 Å². The molecule has 1 rings (SSSR count). The van der Waals surface area contributed by atoms with Crippen LogP contribution in [0.15, 0.2) is 22.7 Å². The molecule has 0 bridgehead atoms. The number of hydrogen-bond donors (Lipinski definition) is 1. The highest BCUT2D eigenvalue weighted by Crippen LogP contribution is 2.28. The first-order chi connectivity index (χ1) is 7.22. The lowest BCUT2D eigenvalue weighted by Crippen LogP contribution is -2.19. The second-order valence-corrected chi connectivity index (χ2v) is 3.96. The van der Waals surface area contributed by atoms with Crippen LogP contribution < -0.4 is 10.1 Å². The van der Waals surface area contributed by atoms with Gasteiger partial charge in [-0.05, 0) is 18.7 Å². The van der Waals surface area contributed by atoms with E-state index < -0.39 is 0 Å². The molecule has 1 aromatic rings. The van der Waals surface area contributed by atoms with Crippen LogP contribution in [0.25, 0.3) is 0 Å². The van der Waals surface area contributed by atoms with Gasteiger partial charge in [0.25, 0.3) is 0 Å². The Kier molecular flexibility index (Phi) is 4.67. The molecule has 3 heteroatoms. The van der Waals surface area contributed by atoms with E-state index in [0.29, 0.717) is 0 Å². The summed E-state index contributed by atoms with van der Waals surface area (Å²) >= 11 is 3.40. The quantitative estimate of drug-likeness (QED) is 0.848. The van der Waals surface area contributed by atoms with Gasteiger partial charge in [-0.1, -0.05) is 34.8 Å². The second-order valence-electron chi connectivity index (χ2n) is 3.04. The third-order valence-electron chi connectivity index (χ3n) is 2.08. The molecule has 2 nitrogen and oxygen atoms in total. The van der Waals surface area contributed by atoms with Crippen molar-refractivity contribution in [1.82, 2.24) is 5.32 Å². The number of ether oxygens (including phenoxy) is 1. The standard InChI is InChI=1S/C12H14BrNO/c1-4-11(14-5-2)10-7-6-9(13)8-12(10)15-3/h1,6-8,11,14H,5H2,2-3H3. The zero-order valence-corrected chi connectivity index (χ0v) is 10.5. The highest BCUT2D eigenvalue weighted by atomic mass is 79.9. The first-order valence-corrected chi connectivity index (χ1v) is 5.55. The molecule has 0 fully saturated rings. The average molecular weight is 268 g/mol. The third kappa shape index (κ3) is 2.98. The van der Waals surface area contributed by atoms with Crippen LogP contribution >= 0.6 is 15.9 Å². The molecule has 0 amide bonds. The summed E-state index contributed by atoms with van der Waals surface area (Å²) in [5, 5.41) is 3.21. The molecule has 0 saturated carbocycles. The Morgan fingerprint density at radius 1 is 1.60 bits per heavy atom. The molecule has 0 aromatic heterocycles. The van der Waals surface area contributed by atoms with Gasteiger partial charge >= 0.3 is 0 Å². The Hall–Kier alpha value is -0.980. The van der Waals surface area contributed by atoms with Gasteiger partial charge in [-0.2, -0.15) is 0 Å². The van der Waals surface area contributed by atoms with Crippen molar-refractivity contribution < 1.29 is 4.74 Å². The molecule has 1 aromatic carbocycles. The number of halogens is 1. The molecule has 1 unspecified atom stereocenters. The summed E-state index contributed by atoms with van der Waals surface area (Å²) in [5.41, 5.74) is 0.991. The monoisotopic (exact) mass is 267 g/mol. The predicted molar refractivity (Wildman–Crippen MR) is 65.9 cm³/mol. The minimum absolute atomic E-state index is 0.0990. The van der Waals surface area contributed by atoms with Crippen LogP contribution in [0.4, 0.5) is 0 Å². The van der Waals surface area contributed by atoms with Crippen LogP contribution in [0.1, 0.15) is 18.5 Å². The molecule has 0 spiro atoms. The van der Waals surface area contributed by atoms with Crippen LogP contribution in [-0.2, 0) is 0 Å². The van der Waals surface area contributed by atoms with E-state index in [0.717, 1.165) is 22.3 Å². The minimum atomic E-state index is -0.0990. The Balaban J connectivity index is 3.06. The van der Waals surface area contributed by atoms with Gasteiger partial charge < -0.3 is 10.1 Å². The number of rotatable bonds is 4. The molecule has 1 N–H and O–H groups in total. The fourth-order valence-electron chi connectivity index (χ4n) is 1.39. The van der Waals surface area contributed by atoms with Crippen molar-refractivity contribution in [2.75, 3.05) is 13.7 Å². The molecule has 1 atom stereocenters. The van der Waals surface area contributed by atoms with E-state index in [2.05, 4.69) is 27.2 Å². The molecular formula is C12H14BrNO. The number of nitrogens with one attached hydrogen (secondary N) is 1. The summed E-state index contributed by atoms with van der Waals surface area (Å²) in [4.78, 5) is 0. The third-order valence-corrected chi connectivity index (χ3v) is 2.57. The average Bonchev–Trinajstić information content (AvgIpc) is 2.26. The summed E-state index contributed by atoms with van der Waals surface area (Å²) in [6, 6.07) is 5.74. The maximum Gasteiger partial charge on any atom is 0.125 e. The largest absolute Gasteiger partial charge is 0.496 e. The lowest BCUT2D eigenvalue weighted by Gasteiger charge is -2.15. The normalized spacial score (nSPS) is 11.9. The van der Waals surface area contributed by atoms with Gasteiger partial charge in [-0.15, -0.1) is 6.42 Å². The highest BCUT2D eigenvalue weighted by molar-refractivity contribution is 9.10. The maximum absolute atomic E-state index is 5.47. The molecule has 0 heterocycles. The van der Waals surface area contributed by atoms with Gasteiger partial charge in [0.1, 0.15) is 5.75 Å². The first-order valence-electron chi connectivity index (χ1n) is 4.75. The summed E-state index contributed by atoms with van der Waals surface area (Å²) in [6.07, 6.45) is 5.47. The van der Waals surface area contributed by atoms with Crippen LogP contribution in [-0.4, -0.2) is 13.7 Å². The van der Waals surface area contributed by atoms with E-state index in [1.165, 1.54) is 0 Å². The predicted octanol–water partition coefficient (Wildman–Crippen LogP) is 2.74. The van der Waals surface area contributed by atoms with Gasteiger partial charge in [0.2, 0.25) is 0 Å². The number of terminal acetylenes is 1. The molecule has 15 heavy (non-hydrogen) atoms. The number of methoxy groups -OCH3 is 1. The Morgan fingerprint density at radius 2 is 2.33 bits per heavy atom. The van der Waals surface area contributed by atoms with E-state index in [4.69, 9.17) is 11.2 Å². The number of benzene rings is 1. The van der Waals surface area contributed by atoms with E-state index in [1.54, 1.807) is 7.11 Å². The summed E-state index contributed by atoms with van der Waals surface area (Å²) in [7, 11) is 1.64. The Labute approximate surface area is 99.2 Å². The topological polar surface area (TPSA) is 21.3 Å². The molecular weight excluding hydrogens is 254 g/mol. The summed E-state index contributed by atoms with van der Waals surface area (Å²) < 4.78 is 6.27. The van der Waals surface area contributed by atoms with Crippen molar-refractivity contribution in [2.45, 2.75) is 13.0 Å². The van der Waals surface area contributed by atoms with Crippen molar-refractivity contribution in [3.05, 3.63) is 28.2 Å². The fourth-order valence-corrected chi connectivity index (χ4v) is 1.73.